The number of aromatic nitrogens is 2. The van der Waals surface area contributed by atoms with E-state index in [0.717, 1.165) is 12.3 Å². The Hall–Kier alpha value is -2.75. The van der Waals surface area contributed by atoms with E-state index in [1.54, 1.807) is 0 Å². The number of rotatable bonds is 6. The van der Waals surface area contributed by atoms with E-state index in [1.807, 2.05) is 0 Å². The molecule has 11 heteroatoms. The molecule has 2 aromatic rings. The molecule has 0 aliphatic carbocycles. The molecule has 6 nitrogen and oxygen atoms in total. The highest BCUT2D eigenvalue weighted by atomic mass is 35.5. The Labute approximate surface area is 144 Å². The Kier molecular flexibility index (Phi) is 5.86. The minimum Gasteiger partial charge on any atom is -0.457 e. The molecule has 0 unspecified atom stereocenters. The number of alkyl halides is 3. The van der Waals surface area contributed by atoms with Gasteiger partial charge in [0.05, 0.1) is 23.0 Å². The van der Waals surface area contributed by atoms with Crippen LogP contribution in [0, 0.1) is 11.3 Å². The van der Waals surface area contributed by atoms with Crippen molar-refractivity contribution >= 4 is 17.3 Å². The van der Waals surface area contributed by atoms with Gasteiger partial charge in [-0.15, -0.1) is 0 Å². The monoisotopic (exact) mass is 375 g/mol. The van der Waals surface area contributed by atoms with Crippen molar-refractivity contribution in [3.8, 4) is 6.01 Å². The topological polar surface area (TPSA) is 83.2 Å². The molecule has 0 radical (unpaired) electrons. The van der Waals surface area contributed by atoms with Crippen LogP contribution in [0.15, 0.2) is 47.6 Å². The van der Waals surface area contributed by atoms with Gasteiger partial charge in [0, 0.05) is 11.9 Å². The van der Waals surface area contributed by atoms with Gasteiger partial charge in [-0.1, -0.05) is 11.6 Å². The molecule has 0 bridgehead atoms. The largest absolute Gasteiger partial charge is 0.457 e. The SMILES string of the molecule is N=N/C(=C\Nc1ccc(F)c(C(F)(F)F)c1)COc1ncc(Cl)cn1. The van der Waals surface area contributed by atoms with Crippen molar-refractivity contribution in [2.24, 2.45) is 5.11 Å². The summed E-state index contributed by atoms with van der Waals surface area (Å²) < 4.78 is 56.3. The fourth-order valence-corrected chi connectivity index (χ4v) is 1.72. The van der Waals surface area contributed by atoms with Gasteiger partial charge in [0.25, 0.3) is 0 Å². The molecule has 2 rings (SSSR count). The van der Waals surface area contributed by atoms with Crippen molar-refractivity contribution in [1.29, 1.82) is 5.53 Å². The maximum absolute atomic E-state index is 13.2. The third-order valence-electron chi connectivity index (χ3n) is 2.77. The van der Waals surface area contributed by atoms with E-state index in [1.165, 1.54) is 12.4 Å². The highest BCUT2D eigenvalue weighted by molar-refractivity contribution is 6.30. The van der Waals surface area contributed by atoms with Gasteiger partial charge in [-0.3, -0.25) is 0 Å². The van der Waals surface area contributed by atoms with Crippen LogP contribution in [-0.4, -0.2) is 16.6 Å². The summed E-state index contributed by atoms with van der Waals surface area (Å²) in [5, 5.41) is 5.98. The Bertz CT molecular complexity index is 780. The Morgan fingerprint density at radius 3 is 2.60 bits per heavy atom. The summed E-state index contributed by atoms with van der Waals surface area (Å²) >= 11 is 5.62. The fraction of sp³-hybridized carbons (Fsp3) is 0.143. The van der Waals surface area contributed by atoms with Crippen LogP contribution in [0.5, 0.6) is 6.01 Å². The van der Waals surface area contributed by atoms with Crippen molar-refractivity contribution < 1.29 is 22.3 Å². The number of halogens is 5. The van der Waals surface area contributed by atoms with Gasteiger partial charge < -0.3 is 10.1 Å². The van der Waals surface area contributed by atoms with Gasteiger partial charge in [-0.05, 0) is 18.2 Å². The van der Waals surface area contributed by atoms with E-state index in [9.17, 15) is 17.6 Å². The Balaban J connectivity index is 2.05. The van der Waals surface area contributed by atoms with Crippen molar-refractivity contribution in [3.05, 3.63) is 58.9 Å². The smallest absolute Gasteiger partial charge is 0.419 e. The molecule has 0 atom stereocenters. The molecule has 1 aromatic heterocycles. The lowest BCUT2D eigenvalue weighted by Crippen LogP contribution is -2.09. The molecule has 1 heterocycles. The number of hydrogen-bond donors (Lipinski definition) is 2. The number of ether oxygens (including phenoxy) is 1. The van der Waals surface area contributed by atoms with Crippen LogP contribution in [0.2, 0.25) is 5.02 Å². The first-order chi connectivity index (χ1) is 11.8. The van der Waals surface area contributed by atoms with Crippen molar-refractivity contribution in [2.75, 3.05) is 11.9 Å². The maximum Gasteiger partial charge on any atom is 0.419 e. The molecule has 0 saturated carbocycles. The van der Waals surface area contributed by atoms with Crippen LogP contribution in [0.1, 0.15) is 5.56 Å². The highest BCUT2D eigenvalue weighted by Crippen LogP contribution is 2.33. The van der Waals surface area contributed by atoms with Gasteiger partial charge in [-0.25, -0.2) is 19.9 Å². The average Bonchev–Trinajstić information content (AvgIpc) is 2.57. The zero-order valence-corrected chi connectivity index (χ0v) is 13.1. The van der Waals surface area contributed by atoms with Crippen LogP contribution in [0.25, 0.3) is 0 Å². The second kappa shape index (κ2) is 7.88. The summed E-state index contributed by atoms with van der Waals surface area (Å²) in [6.07, 6.45) is -1.06. The molecule has 132 valence electrons. The van der Waals surface area contributed by atoms with E-state index in [4.69, 9.17) is 21.9 Å². The predicted octanol–water partition coefficient (Wildman–Crippen LogP) is 4.65. The van der Waals surface area contributed by atoms with E-state index < -0.39 is 17.6 Å². The van der Waals surface area contributed by atoms with Crippen molar-refractivity contribution in [3.63, 3.8) is 0 Å². The van der Waals surface area contributed by atoms with Crippen LogP contribution in [0.3, 0.4) is 0 Å². The van der Waals surface area contributed by atoms with Gasteiger partial charge in [0.2, 0.25) is 0 Å². The molecular weight excluding hydrogens is 366 g/mol. The first-order valence-electron chi connectivity index (χ1n) is 6.59. The lowest BCUT2D eigenvalue weighted by atomic mass is 10.2. The molecule has 25 heavy (non-hydrogen) atoms. The summed E-state index contributed by atoms with van der Waals surface area (Å²) in [7, 11) is 0. The first-order valence-corrected chi connectivity index (χ1v) is 6.97. The molecular formula is C14H10ClF4N5O. The molecule has 0 fully saturated rings. The first kappa shape index (κ1) is 18.6. The molecule has 0 aliphatic heterocycles. The zero-order valence-electron chi connectivity index (χ0n) is 12.3. The van der Waals surface area contributed by atoms with E-state index in [2.05, 4.69) is 20.4 Å². The number of benzene rings is 1. The van der Waals surface area contributed by atoms with Crippen LogP contribution in [0.4, 0.5) is 23.2 Å². The summed E-state index contributed by atoms with van der Waals surface area (Å²) in [5.74, 6) is -1.38. The standard InChI is InChI=1S/C14H10ClF4N5O/c15-8-4-22-13(23-5-8)25-7-10(24-20)6-21-9-1-2-12(16)11(3-9)14(17,18)19/h1-6,20-21H,7H2/b10-6-,24-20?. The highest BCUT2D eigenvalue weighted by Gasteiger charge is 2.34. The Morgan fingerprint density at radius 2 is 2.00 bits per heavy atom. The molecule has 0 amide bonds. The quantitative estimate of drug-likeness (QED) is 0.568. The molecule has 0 aliphatic rings. The molecule has 0 saturated heterocycles. The second-order valence-electron chi connectivity index (χ2n) is 4.56. The molecule has 2 N–H and O–H groups in total. The summed E-state index contributed by atoms with van der Waals surface area (Å²) in [5.41, 5.74) is 5.64. The maximum atomic E-state index is 13.2. The minimum atomic E-state index is -4.82. The van der Waals surface area contributed by atoms with Crippen molar-refractivity contribution in [2.45, 2.75) is 6.18 Å². The average molecular weight is 376 g/mol. The minimum absolute atomic E-state index is 0.0138. The van der Waals surface area contributed by atoms with Gasteiger partial charge in [0.15, 0.2) is 0 Å². The number of nitrogens with zero attached hydrogens (tertiary/aromatic N) is 3. The third kappa shape index (κ3) is 5.38. The molecule has 1 aromatic carbocycles. The van der Waals surface area contributed by atoms with Gasteiger partial charge >= 0.3 is 12.2 Å². The zero-order chi connectivity index (χ0) is 18.4. The fourth-order valence-electron chi connectivity index (χ4n) is 1.62. The lowest BCUT2D eigenvalue weighted by Gasteiger charge is -2.10. The van der Waals surface area contributed by atoms with E-state index in [-0.39, 0.29) is 24.0 Å². The van der Waals surface area contributed by atoms with E-state index in [0.29, 0.717) is 17.2 Å². The van der Waals surface area contributed by atoms with Crippen LogP contribution < -0.4 is 10.1 Å². The Morgan fingerprint density at radius 1 is 1.32 bits per heavy atom. The van der Waals surface area contributed by atoms with Crippen LogP contribution >= 0.6 is 11.6 Å². The molecule has 0 spiro atoms. The second-order valence-corrected chi connectivity index (χ2v) is 4.99. The number of hydrogen-bond acceptors (Lipinski definition) is 6. The van der Waals surface area contributed by atoms with Crippen LogP contribution in [-0.2, 0) is 6.18 Å². The summed E-state index contributed by atoms with van der Waals surface area (Å²) in [6, 6.07) is 2.40. The predicted molar refractivity (Wildman–Crippen MR) is 80.8 cm³/mol. The lowest BCUT2D eigenvalue weighted by molar-refractivity contribution is -0.139. The van der Waals surface area contributed by atoms with Gasteiger partial charge in [0.1, 0.15) is 18.1 Å². The third-order valence-corrected chi connectivity index (χ3v) is 2.96. The normalized spacial score (nSPS) is 12.0. The number of nitrogens with one attached hydrogen (secondary N) is 2. The van der Waals surface area contributed by atoms with Crippen molar-refractivity contribution in [1.82, 2.24) is 9.97 Å². The van der Waals surface area contributed by atoms with Gasteiger partial charge in [-0.2, -0.15) is 18.3 Å². The van der Waals surface area contributed by atoms with E-state index >= 15 is 0 Å². The number of anilines is 1. The summed E-state index contributed by atoms with van der Waals surface area (Å²) in [4.78, 5) is 7.54. The summed E-state index contributed by atoms with van der Waals surface area (Å²) in [6.45, 7) is -0.217.